The summed E-state index contributed by atoms with van der Waals surface area (Å²) >= 11 is 0. The minimum absolute atomic E-state index is 0.0902. The second kappa shape index (κ2) is 4.60. The third-order valence-electron chi connectivity index (χ3n) is 1.99. The highest BCUT2D eigenvalue weighted by Gasteiger charge is 2.20. The molecule has 0 fully saturated rings. The lowest BCUT2D eigenvalue weighted by atomic mass is 10.1. The monoisotopic (exact) mass is 245 g/mol. The number of hydrogen-bond acceptors (Lipinski definition) is 4. The Morgan fingerprint density at radius 2 is 1.94 bits per heavy atom. The number of carboxylic acids is 1. The summed E-state index contributed by atoms with van der Waals surface area (Å²) in [7, 11) is -4.39. The van der Waals surface area contributed by atoms with Crippen molar-refractivity contribution in [3.8, 4) is 0 Å². The summed E-state index contributed by atoms with van der Waals surface area (Å²) in [6.07, 6.45) is -0.410. The fourth-order valence-electron chi connectivity index (χ4n) is 1.32. The first-order valence-corrected chi connectivity index (χ1v) is 5.80. The first-order valence-electron chi connectivity index (χ1n) is 4.36. The zero-order valence-electron chi connectivity index (χ0n) is 8.20. The van der Waals surface area contributed by atoms with E-state index in [0.29, 0.717) is 0 Å². The minimum atomic E-state index is -4.39. The molecule has 0 aliphatic rings. The van der Waals surface area contributed by atoms with Crippen LogP contribution < -0.4 is 5.73 Å². The van der Waals surface area contributed by atoms with E-state index < -0.39 is 28.6 Å². The molecule has 0 aromatic heterocycles. The Kier molecular flexibility index (Phi) is 3.63. The smallest absolute Gasteiger partial charge is 0.305 e. The quantitative estimate of drug-likeness (QED) is 0.661. The van der Waals surface area contributed by atoms with Crippen LogP contribution >= 0.6 is 0 Å². The van der Waals surface area contributed by atoms with Gasteiger partial charge in [-0.2, -0.15) is 8.42 Å². The Morgan fingerprint density at radius 3 is 2.44 bits per heavy atom. The third-order valence-corrected chi connectivity index (χ3v) is 2.92. The van der Waals surface area contributed by atoms with Crippen LogP contribution in [0.3, 0.4) is 0 Å². The van der Waals surface area contributed by atoms with Crippen molar-refractivity contribution in [1.29, 1.82) is 0 Å². The number of carboxylic acid groups (broad SMARTS) is 1. The molecule has 0 aliphatic carbocycles. The molecule has 0 amide bonds. The topological polar surface area (TPSA) is 118 Å². The van der Waals surface area contributed by atoms with Crippen LogP contribution in [0.25, 0.3) is 0 Å². The van der Waals surface area contributed by atoms with Gasteiger partial charge < -0.3 is 10.8 Å². The van der Waals surface area contributed by atoms with Crippen molar-refractivity contribution in [3.05, 3.63) is 29.8 Å². The summed E-state index contributed by atoms with van der Waals surface area (Å²) in [4.78, 5) is 10.1. The van der Waals surface area contributed by atoms with Crippen molar-refractivity contribution >= 4 is 16.1 Å². The summed E-state index contributed by atoms with van der Waals surface area (Å²) in [5, 5.41) is 8.55. The van der Waals surface area contributed by atoms with Crippen LogP contribution in [0.2, 0.25) is 0 Å². The van der Waals surface area contributed by atoms with Crippen molar-refractivity contribution in [3.63, 3.8) is 0 Å². The summed E-state index contributed by atoms with van der Waals surface area (Å²) in [5.74, 6) is -1.14. The summed E-state index contributed by atoms with van der Waals surface area (Å²) in [6, 6.07) is 4.50. The van der Waals surface area contributed by atoms with Crippen LogP contribution in [-0.2, 0) is 14.9 Å². The second-order valence-corrected chi connectivity index (χ2v) is 4.61. The Bertz CT molecular complexity index is 496. The molecule has 0 spiro atoms. The van der Waals surface area contributed by atoms with E-state index in [1.54, 1.807) is 0 Å². The predicted octanol–water partition coefficient (Wildman–Crippen LogP) is 0.408. The van der Waals surface area contributed by atoms with Crippen molar-refractivity contribution in [2.24, 2.45) is 5.73 Å². The van der Waals surface area contributed by atoms with Crippen molar-refractivity contribution in [2.45, 2.75) is 17.4 Å². The van der Waals surface area contributed by atoms with Crippen LogP contribution in [-0.4, -0.2) is 24.0 Å². The Balaban J connectivity index is 3.19. The lowest BCUT2D eigenvalue weighted by Gasteiger charge is -2.12. The lowest BCUT2D eigenvalue weighted by Crippen LogP contribution is -2.18. The molecule has 0 heterocycles. The van der Waals surface area contributed by atoms with E-state index in [2.05, 4.69) is 0 Å². The molecule has 88 valence electrons. The molecular weight excluding hydrogens is 234 g/mol. The van der Waals surface area contributed by atoms with E-state index in [-0.39, 0.29) is 10.5 Å². The van der Waals surface area contributed by atoms with Crippen LogP contribution in [0.15, 0.2) is 29.2 Å². The first-order chi connectivity index (χ1) is 7.32. The highest BCUT2D eigenvalue weighted by atomic mass is 32.2. The molecule has 1 aromatic rings. The molecule has 16 heavy (non-hydrogen) atoms. The molecule has 0 saturated carbocycles. The molecule has 6 nitrogen and oxygen atoms in total. The normalized spacial score (nSPS) is 13.4. The molecule has 0 radical (unpaired) electrons. The Hall–Kier alpha value is -1.44. The predicted molar refractivity (Wildman–Crippen MR) is 55.4 cm³/mol. The number of nitrogens with two attached hydrogens (primary N) is 1. The number of aliphatic carboxylic acids is 1. The zero-order chi connectivity index (χ0) is 12.3. The van der Waals surface area contributed by atoms with E-state index in [0.717, 1.165) is 0 Å². The molecule has 0 bridgehead atoms. The molecule has 0 aliphatic heterocycles. The zero-order valence-corrected chi connectivity index (χ0v) is 9.02. The fourth-order valence-corrected chi connectivity index (χ4v) is 2.09. The number of hydrogen-bond donors (Lipinski definition) is 3. The van der Waals surface area contributed by atoms with Crippen molar-refractivity contribution < 1.29 is 22.9 Å². The first kappa shape index (κ1) is 12.6. The lowest BCUT2D eigenvalue weighted by molar-refractivity contribution is -0.137. The average Bonchev–Trinajstić information content (AvgIpc) is 2.15. The van der Waals surface area contributed by atoms with Gasteiger partial charge in [-0.3, -0.25) is 9.35 Å². The maximum absolute atomic E-state index is 11.0. The van der Waals surface area contributed by atoms with Gasteiger partial charge in [0.2, 0.25) is 0 Å². The van der Waals surface area contributed by atoms with Gasteiger partial charge in [-0.15, -0.1) is 0 Å². The number of carbonyl (C=O) groups is 1. The van der Waals surface area contributed by atoms with Crippen LogP contribution in [0, 0.1) is 0 Å². The average molecular weight is 245 g/mol. The van der Waals surface area contributed by atoms with E-state index in [1.165, 1.54) is 24.3 Å². The molecular formula is C9H11NO5S. The van der Waals surface area contributed by atoms with Gasteiger partial charge in [0, 0.05) is 6.04 Å². The molecule has 7 heteroatoms. The van der Waals surface area contributed by atoms with Crippen LogP contribution in [0.4, 0.5) is 0 Å². The molecule has 1 aromatic carbocycles. The second-order valence-electron chi connectivity index (χ2n) is 3.22. The van der Waals surface area contributed by atoms with E-state index >= 15 is 0 Å². The fraction of sp³-hybridized carbons (Fsp3) is 0.222. The van der Waals surface area contributed by atoms with Gasteiger partial charge in [0.25, 0.3) is 10.1 Å². The van der Waals surface area contributed by atoms with E-state index in [4.69, 9.17) is 15.4 Å². The summed E-state index contributed by atoms with van der Waals surface area (Å²) in [6.45, 7) is 0. The van der Waals surface area contributed by atoms with Gasteiger partial charge >= 0.3 is 5.97 Å². The van der Waals surface area contributed by atoms with E-state index in [1.807, 2.05) is 0 Å². The number of benzene rings is 1. The molecule has 1 atom stereocenters. The standard InChI is InChI=1S/C9H11NO5S/c10-7(5-9(11)12)6-3-1-2-4-8(6)16(13,14)15/h1-4,7H,5,10H2,(H,11,12)(H,13,14,15). The largest absolute Gasteiger partial charge is 0.481 e. The number of rotatable bonds is 4. The van der Waals surface area contributed by atoms with Gasteiger partial charge in [-0.05, 0) is 11.6 Å². The third kappa shape index (κ3) is 3.02. The Morgan fingerprint density at radius 1 is 1.38 bits per heavy atom. The highest BCUT2D eigenvalue weighted by molar-refractivity contribution is 7.85. The van der Waals surface area contributed by atoms with Gasteiger partial charge in [0.15, 0.2) is 0 Å². The molecule has 1 unspecified atom stereocenters. The van der Waals surface area contributed by atoms with Gasteiger partial charge in [0.05, 0.1) is 11.3 Å². The minimum Gasteiger partial charge on any atom is -0.481 e. The van der Waals surface area contributed by atoms with Crippen molar-refractivity contribution in [1.82, 2.24) is 0 Å². The highest BCUT2D eigenvalue weighted by Crippen LogP contribution is 2.22. The van der Waals surface area contributed by atoms with Gasteiger partial charge in [-0.1, -0.05) is 18.2 Å². The van der Waals surface area contributed by atoms with Crippen LogP contribution in [0.5, 0.6) is 0 Å². The molecule has 1 rings (SSSR count). The summed E-state index contributed by atoms with van der Waals surface area (Å²) < 4.78 is 30.9. The maximum atomic E-state index is 11.0. The SMILES string of the molecule is NC(CC(=O)O)c1ccccc1S(=O)(=O)O. The van der Waals surface area contributed by atoms with Crippen molar-refractivity contribution in [2.75, 3.05) is 0 Å². The van der Waals surface area contributed by atoms with Crippen LogP contribution in [0.1, 0.15) is 18.0 Å². The molecule has 4 N–H and O–H groups in total. The van der Waals surface area contributed by atoms with E-state index in [9.17, 15) is 13.2 Å². The van der Waals surface area contributed by atoms with Gasteiger partial charge in [0.1, 0.15) is 0 Å². The van der Waals surface area contributed by atoms with Gasteiger partial charge in [-0.25, -0.2) is 0 Å². The molecule has 0 saturated heterocycles. The Labute approximate surface area is 92.5 Å². The maximum Gasteiger partial charge on any atom is 0.305 e. The summed E-state index contributed by atoms with van der Waals surface area (Å²) in [5.41, 5.74) is 5.63.